The molecule has 1 aromatic heterocycles. The first-order valence-corrected chi connectivity index (χ1v) is 10.9. The molecule has 1 aromatic rings. The van der Waals surface area contributed by atoms with Crippen LogP contribution in [0.25, 0.3) is 0 Å². The number of amides is 1. The van der Waals surface area contributed by atoms with Crippen LogP contribution in [0.2, 0.25) is 0 Å². The van der Waals surface area contributed by atoms with Gasteiger partial charge in [-0.3, -0.25) is 4.79 Å². The highest BCUT2D eigenvalue weighted by molar-refractivity contribution is 7.91. The zero-order valence-corrected chi connectivity index (χ0v) is 15.8. The van der Waals surface area contributed by atoms with E-state index in [0.717, 1.165) is 32.1 Å². The zero-order valence-electron chi connectivity index (χ0n) is 15.0. The third kappa shape index (κ3) is 4.74. The maximum Gasteiger partial charge on any atom is 0.406 e. The van der Waals surface area contributed by atoms with Gasteiger partial charge in [0.15, 0.2) is 16.4 Å². The Morgan fingerprint density at radius 2 is 2.00 bits per heavy atom. The normalized spacial score (nSPS) is 22.3. The van der Waals surface area contributed by atoms with Gasteiger partial charge in [0, 0.05) is 12.1 Å². The summed E-state index contributed by atoms with van der Waals surface area (Å²) in [5.74, 6) is -0.788. The molecule has 1 amide bonds. The number of aromatic nitrogens is 1. The van der Waals surface area contributed by atoms with Gasteiger partial charge in [-0.15, -0.1) is 0 Å². The SMILES string of the molecule is O=C(COc1cccnc1[N+](=O)[O-])N(C1CCCCC1)C1CCS(=O)(=O)C1. The number of ether oxygens (including phenoxy) is 1. The van der Waals surface area contributed by atoms with Crippen molar-refractivity contribution in [1.82, 2.24) is 9.88 Å². The van der Waals surface area contributed by atoms with Crippen molar-refractivity contribution in [2.24, 2.45) is 0 Å². The number of rotatable bonds is 6. The zero-order chi connectivity index (χ0) is 19.4. The van der Waals surface area contributed by atoms with Gasteiger partial charge in [-0.2, -0.15) is 0 Å². The second-order valence-corrected chi connectivity index (χ2v) is 9.25. The van der Waals surface area contributed by atoms with Crippen molar-refractivity contribution in [2.75, 3.05) is 18.1 Å². The quantitative estimate of drug-likeness (QED) is 0.529. The summed E-state index contributed by atoms with van der Waals surface area (Å²) in [5.41, 5.74) is 0. The van der Waals surface area contributed by atoms with E-state index in [0.29, 0.717) is 6.42 Å². The summed E-state index contributed by atoms with van der Waals surface area (Å²) in [6.07, 6.45) is 6.51. The van der Waals surface area contributed by atoms with Crippen LogP contribution in [0.5, 0.6) is 5.75 Å². The molecular weight excluding hydrogens is 374 g/mol. The minimum Gasteiger partial charge on any atom is -0.476 e. The first-order chi connectivity index (χ1) is 12.9. The molecule has 148 valence electrons. The molecule has 27 heavy (non-hydrogen) atoms. The highest BCUT2D eigenvalue weighted by Gasteiger charge is 2.38. The summed E-state index contributed by atoms with van der Waals surface area (Å²) in [6.45, 7) is -0.375. The van der Waals surface area contributed by atoms with Gasteiger partial charge >= 0.3 is 5.82 Å². The van der Waals surface area contributed by atoms with E-state index in [4.69, 9.17) is 4.74 Å². The number of sulfone groups is 1. The van der Waals surface area contributed by atoms with Gasteiger partial charge in [0.2, 0.25) is 5.75 Å². The molecule has 3 rings (SSSR count). The smallest absolute Gasteiger partial charge is 0.406 e. The van der Waals surface area contributed by atoms with Crippen LogP contribution in [0.1, 0.15) is 38.5 Å². The van der Waals surface area contributed by atoms with Crippen LogP contribution in [0.15, 0.2) is 18.3 Å². The lowest BCUT2D eigenvalue weighted by atomic mass is 9.93. The van der Waals surface area contributed by atoms with E-state index in [9.17, 15) is 23.3 Å². The molecule has 1 saturated heterocycles. The second-order valence-electron chi connectivity index (χ2n) is 7.02. The van der Waals surface area contributed by atoms with Crippen LogP contribution in [0, 0.1) is 10.1 Å². The molecule has 2 fully saturated rings. The Balaban J connectivity index is 1.74. The fourth-order valence-corrected chi connectivity index (χ4v) is 5.62. The molecule has 0 radical (unpaired) electrons. The predicted octanol–water partition coefficient (Wildman–Crippen LogP) is 1.72. The van der Waals surface area contributed by atoms with Crippen molar-refractivity contribution in [3.63, 3.8) is 0 Å². The Bertz CT molecular complexity index is 807. The molecule has 1 atom stereocenters. The van der Waals surface area contributed by atoms with Crippen molar-refractivity contribution < 1.29 is 22.9 Å². The maximum atomic E-state index is 12.9. The number of nitrogens with zero attached hydrogens (tertiary/aromatic N) is 3. The van der Waals surface area contributed by atoms with Crippen LogP contribution in [0.4, 0.5) is 5.82 Å². The number of nitro groups is 1. The van der Waals surface area contributed by atoms with Gasteiger partial charge in [-0.05, 0) is 41.3 Å². The van der Waals surface area contributed by atoms with Crippen LogP contribution in [-0.4, -0.2) is 59.3 Å². The predicted molar refractivity (Wildman–Crippen MR) is 97.2 cm³/mol. The third-order valence-corrected chi connectivity index (χ3v) is 6.88. The molecule has 1 saturated carbocycles. The van der Waals surface area contributed by atoms with Gasteiger partial charge in [0.25, 0.3) is 5.91 Å². The lowest BCUT2D eigenvalue weighted by molar-refractivity contribution is -0.390. The molecular formula is C17H23N3O6S. The average Bonchev–Trinajstić information content (AvgIpc) is 3.00. The summed E-state index contributed by atoms with van der Waals surface area (Å²) in [7, 11) is -3.13. The monoisotopic (exact) mass is 397 g/mol. The molecule has 1 aliphatic carbocycles. The standard InChI is InChI=1S/C17H23N3O6S/c21-16(11-26-15-7-4-9-18-17(15)20(22)23)19(13-5-2-1-3-6-13)14-8-10-27(24,25)12-14/h4,7,9,13-14H,1-3,5-6,8,10-12H2. The minimum atomic E-state index is -3.13. The molecule has 9 nitrogen and oxygen atoms in total. The second kappa shape index (κ2) is 8.20. The van der Waals surface area contributed by atoms with E-state index in [1.54, 1.807) is 4.90 Å². The summed E-state index contributed by atoms with van der Waals surface area (Å²) in [4.78, 5) is 28.6. The Hall–Kier alpha value is -2.23. The van der Waals surface area contributed by atoms with E-state index in [1.807, 2.05) is 0 Å². The van der Waals surface area contributed by atoms with E-state index in [2.05, 4.69) is 4.98 Å². The van der Waals surface area contributed by atoms with Crippen molar-refractivity contribution in [3.05, 3.63) is 28.4 Å². The van der Waals surface area contributed by atoms with Gasteiger partial charge in [-0.25, -0.2) is 8.42 Å². The topological polar surface area (TPSA) is 120 Å². The van der Waals surface area contributed by atoms with E-state index < -0.39 is 20.6 Å². The number of pyridine rings is 1. The molecule has 10 heteroatoms. The Morgan fingerprint density at radius 1 is 1.26 bits per heavy atom. The van der Waals surface area contributed by atoms with Gasteiger partial charge < -0.3 is 19.8 Å². The van der Waals surface area contributed by atoms with E-state index in [-0.39, 0.29) is 41.9 Å². The molecule has 0 bridgehead atoms. The third-order valence-electron chi connectivity index (χ3n) is 5.13. The summed E-state index contributed by atoms with van der Waals surface area (Å²) >= 11 is 0. The summed E-state index contributed by atoms with van der Waals surface area (Å²) in [6, 6.07) is 2.54. The molecule has 1 aliphatic heterocycles. The van der Waals surface area contributed by atoms with Crippen LogP contribution in [0.3, 0.4) is 0 Å². The van der Waals surface area contributed by atoms with Crippen LogP contribution < -0.4 is 4.74 Å². The lowest BCUT2D eigenvalue weighted by Gasteiger charge is -2.38. The highest BCUT2D eigenvalue weighted by Crippen LogP contribution is 2.29. The Morgan fingerprint density at radius 3 is 2.63 bits per heavy atom. The molecule has 2 heterocycles. The molecule has 1 unspecified atom stereocenters. The molecule has 0 N–H and O–H groups in total. The number of hydrogen-bond acceptors (Lipinski definition) is 7. The minimum absolute atomic E-state index is 0.00275. The first-order valence-electron chi connectivity index (χ1n) is 9.11. The van der Waals surface area contributed by atoms with E-state index in [1.165, 1.54) is 18.3 Å². The van der Waals surface area contributed by atoms with E-state index >= 15 is 0 Å². The molecule has 0 aromatic carbocycles. The lowest BCUT2D eigenvalue weighted by Crippen LogP contribution is -2.50. The summed E-state index contributed by atoms with van der Waals surface area (Å²) in [5, 5.41) is 11.0. The average molecular weight is 397 g/mol. The largest absolute Gasteiger partial charge is 0.476 e. The number of carbonyl (C=O) groups is 1. The van der Waals surface area contributed by atoms with Crippen LogP contribution >= 0.6 is 0 Å². The van der Waals surface area contributed by atoms with Crippen molar-refractivity contribution in [3.8, 4) is 5.75 Å². The van der Waals surface area contributed by atoms with Gasteiger partial charge in [-0.1, -0.05) is 19.3 Å². The van der Waals surface area contributed by atoms with Crippen molar-refractivity contribution >= 4 is 21.6 Å². The van der Waals surface area contributed by atoms with Crippen LogP contribution in [-0.2, 0) is 14.6 Å². The maximum absolute atomic E-state index is 12.9. The fourth-order valence-electron chi connectivity index (χ4n) is 3.91. The first kappa shape index (κ1) is 19.5. The number of carbonyl (C=O) groups excluding carboxylic acids is 1. The fraction of sp³-hybridized carbons (Fsp3) is 0.647. The highest BCUT2D eigenvalue weighted by atomic mass is 32.2. The van der Waals surface area contributed by atoms with Gasteiger partial charge in [0.1, 0.15) is 6.20 Å². The molecule has 0 spiro atoms. The van der Waals surface area contributed by atoms with Crippen molar-refractivity contribution in [2.45, 2.75) is 50.6 Å². The Labute approximate surface area is 157 Å². The number of hydrogen-bond donors (Lipinski definition) is 0. The molecule has 2 aliphatic rings. The summed E-state index contributed by atoms with van der Waals surface area (Å²) < 4.78 is 29.2. The van der Waals surface area contributed by atoms with Crippen molar-refractivity contribution in [1.29, 1.82) is 0 Å². The van der Waals surface area contributed by atoms with Gasteiger partial charge in [0.05, 0.1) is 11.5 Å². The Kier molecular flexibility index (Phi) is 5.93.